The fourth-order valence-electron chi connectivity index (χ4n) is 1.25. The molecule has 0 spiro atoms. The van der Waals surface area contributed by atoms with Crippen LogP contribution in [0.2, 0.25) is 5.02 Å². The van der Waals surface area contributed by atoms with E-state index in [-0.39, 0.29) is 5.56 Å². The molecule has 17 heavy (non-hydrogen) atoms. The van der Waals surface area contributed by atoms with E-state index >= 15 is 0 Å². The van der Waals surface area contributed by atoms with Gasteiger partial charge < -0.3 is 11.1 Å². The van der Waals surface area contributed by atoms with Crippen molar-refractivity contribution >= 4 is 17.5 Å². The van der Waals surface area contributed by atoms with Crippen molar-refractivity contribution < 1.29 is 13.6 Å². The van der Waals surface area contributed by atoms with Crippen LogP contribution in [0.3, 0.4) is 0 Å². The number of nitrogens with two attached hydrogens (primary N) is 1. The van der Waals surface area contributed by atoms with Gasteiger partial charge in [-0.1, -0.05) is 11.6 Å². The fourth-order valence-corrected chi connectivity index (χ4v) is 1.54. The number of hydrogen-bond donors (Lipinski definition) is 2. The third-order valence-corrected chi connectivity index (χ3v) is 2.33. The molecule has 6 heteroatoms. The molecule has 1 rings (SSSR count). The highest BCUT2D eigenvalue weighted by Crippen LogP contribution is 2.15. The summed E-state index contributed by atoms with van der Waals surface area (Å²) in [5.74, 6) is -3.69. The Balaban J connectivity index is 2.70. The summed E-state index contributed by atoms with van der Waals surface area (Å²) in [6.45, 7) is 0.174. The summed E-state index contributed by atoms with van der Waals surface area (Å²) in [6.07, 6.45) is 0. The number of nitrogens with one attached hydrogen (secondary N) is 1. The Bertz CT molecular complexity index is 404. The number of aryl methyl sites for hydroxylation is 1. The molecule has 3 N–H and O–H groups in total. The number of carbonyl (C=O) groups is 1. The maximum atomic E-state index is 12.8. The predicted molar refractivity (Wildman–Crippen MR) is 62.5 cm³/mol. The largest absolute Gasteiger partial charge is 0.346 e. The predicted octanol–water partition coefficient (Wildman–Crippen LogP) is 1.97. The maximum absolute atomic E-state index is 12.8. The molecule has 0 fully saturated rings. The van der Waals surface area contributed by atoms with E-state index in [1.54, 1.807) is 19.1 Å². The highest BCUT2D eigenvalue weighted by molar-refractivity contribution is 6.31. The number of amides is 1. The van der Waals surface area contributed by atoms with Crippen LogP contribution in [0.5, 0.6) is 0 Å². The van der Waals surface area contributed by atoms with Crippen LogP contribution in [0.15, 0.2) is 18.2 Å². The van der Waals surface area contributed by atoms with E-state index in [4.69, 9.17) is 17.3 Å². The maximum Gasteiger partial charge on any atom is 0.277 e. The Morgan fingerprint density at radius 1 is 1.47 bits per heavy atom. The molecule has 0 unspecified atom stereocenters. The van der Waals surface area contributed by atoms with Crippen LogP contribution in [0.1, 0.15) is 15.9 Å². The summed E-state index contributed by atoms with van der Waals surface area (Å²) in [4.78, 5) is 11.6. The van der Waals surface area contributed by atoms with Crippen LogP contribution >= 0.6 is 11.6 Å². The van der Waals surface area contributed by atoms with Crippen molar-refractivity contribution in [2.75, 3.05) is 13.1 Å². The number of rotatable bonds is 4. The zero-order chi connectivity index (χ0) is 13.1. The van der Waals surface area contributed by atoms with Crippen LogP contribution in [0.4, 0.5) is 8.78 Å². The lowest BCUT2D eigenvalue weighted by atomic mass is 10.1. The van der Waals surface area contributed by atoms with Crippen molar-refractivity contribution in [3.63, 3.8) is 0 Å². The summed E-state index contributed by atoms with van der Waals surface area (Å²) in [5.41, 5.74) is 5.90. The van der Waals surface area contributed by atoms with E-state index in [0.717, 1.165) is 5.56 Å². The number of benzene rings is 1. The van der Waals surface area contributed by atoms with Crippen LogP contribution in [0.25, 0.3) is 0 Å². The van der Waals surface area contributed by atoms with Crippen molar-refractivity contribution in [3.05, 3.63) is 34.3 Å². The Kier molecular flexibility index (Phi) is 4.42. The quantitative estimate of drug-likeness (QED) is 0.872. The average Bonchev–Trinajstić information content (AvgIpc) is 2.24. The van der Waals surface area contributed by atoms with E-state index in [2.05, 4.69) is 5.32 Å². The molecule has 1 amide bonds. The summed E-state index contributed by atoms with van der Waals surface area (Å²) in [5, 5.41) is 2.51. The van der Waals surface area contributed by atoms with E-state index in [1.807, 2.05) is 0 Å². The lowest BCUT2D eigenvalue weighted by molar-refractivity contribution is 0.0118. The molecule has 0 aliphatic heterocycles. The highest BCUT2D eigenvalue weighted by atomic mass is 35.5. The van der Waals surface area contributed by atoms with Gasteiger partial charge in [-0.3, -0.25) is 4.79 Å². The third-order valence-electron chi connectivity index (χ3n) is 2.11. The van der Waals surface area contributed by atoms with Crippen LogP contribution in [-0.4, -0.2) is 24.9 Å². The molecule has 0 saturated heterocycles. The minimum atomic E-state index is -3.09. The van der Waals surface area contributed by atoms with Gasteiger partial charge in [0.05, 0.1) is 13.1 Å². The molecule has 0 saturated carbocycles. The Labute approximate surface area is 103 Å². The number of hydrogen-bond acceptors (Lipinski definition) is 2. The fraction of sp³-hybridized carbons (Fsp3) is 0.364. The summed E-state index contributed by atoms with van der Waals surface area (Å²) < 4.78 is 25.6. The number of halogens is 3. The van der Waals surface area contributed by atoms with Crippen molar-refractivity contribution in [2.45, 2.75) is 12.8 Å². The Morgan fingerprint density at radius 2 is 2.12 bits per heavy atom. The third kappa shape index (κ3) is 4.28. The summed E-state index contributed by atoms with van der Waals surface area (Å²) in [6, 6.07) is 4.67. The minimum absolute atomic E-state index is 0.253. The molecule has 1 aromatic rings. The van der Waals surface area contributed by atoms with Crippen LogP contribution in [0, 0.1) is 6.92 Å². The van der Waals surface area contributed by atoms with Crippen molar-refractivity contribution in [2.24, 2.45) is 5.73 Å². The zero-order valence-electron chi connectivity index (χ0n) is 9.27. The van der Waals surface area contributed by atoms with Gasteiger partial charge in [0.25, 0.3) is 11.8 Å². The minimum Gasteiger partial charge on any atom is -0.346 e. The van der Waals surface area contributed by atoms with Gasteiger partial charge in [-0.05, 0) is 30.7 Å². The molecule has 0 heterocycles. The Morgan fingerprint density at radius 3 is 2.65 bits per heavy atom. The van der Waals surface area contributed by atoms with E-state index in [9.17, 15) is 13.6 Å². The molecule has 94 valence electrons. The second-order valence-electron chi connectivity index (χ2n) is 3.76. The highest BCUT2D eigenvalue weighted by Gasteiger charge is 2.27. The van der Waals surface area contributed by atoms with E-state index < -0.39 is 24.9 Å². The van der Waals surface area contributed by atoms with Gasteiger partial charge in [-0.25, -0.2) is 8.78 Å². The van der Waals surface area contributed by atoms with Gasteiger partial charge in [-0.15, -0.1) is 0 Å². The first-order valence-electron chi connectivity index (χ1n) is 4.97. The molecule has 0 aliphatic carbocycles. The van der Waals surface area contributed by atoms with E-state index in [1.165, 1.54) is 6.07 Å². The summed E-state index contributed by atoms with van der Waals surface area (Å²) >= 11 is 5.76. The molecular formula is C11H13ClF2N2O. The molecular weight excluding hydrogens is 250 g/mol. The van der Waals surface area contributed by atoms with Crippen LogP contribution in [-0.2, 0) is 0 Å². The van der Waals surface area contributed by atoms with Gasteiger partial charge in [0, 0.05) is 10.6 Å². The second kappa shape index (κ2) is 5.42. The standard InChI is InChI=1S/C11H13ClF2N2O/c1-7-2-8(4-9(12)3-7)10(17)16-6-11(13,14)5-15/h2-4H,5-6,15H2,1H3,(H,16,17). The topological polar surface area (TPSA) is 55.1 Å². The first-order chi connectivity index (χ1) is 7.84. The zero-order valence-corrected chi connectivity index (χ0v) is 10.0. The van der Waals surface area contributed by atoms with Crippen molar-refractivity contribution in [1.82, 2.24) is 5.32 Å². The normalized spacial score (nSPS) is 11.4. The van der Waals surface area contributed by atoms with Crippen LogP contribution < -0.4 is 11.1 Å². The lowest BCUT2D eigenvalue weighted by Gasteiger charge is -2.14. The van der Waals surface area contributed by atoms with Gasteiger partial charge in [0.15, 0.2) is 0 Å². The summed E-state index contributed by atoms with van der Waals surface area (Å²) in [7, 11) is 0. The van der Waals surface area contributed by atoms with Gasteiger partial charge in [0.1, 0.15) is 0 Å². The molecule has 0 radical (unpaired) electrons. The average molecular weight is 263 g/mol. The van der Waals surface area contributed by atoms with Gasteiger partial charge in [0.2, 0.25) is 0 Å². The van der Waals surface area contributed by atoms with E-state index in [0.29, 0.717) is 5.02 Å². The number of alkyl halides is 2. The molecule has 1 aromatic carbocycles. The Hall–Kier alpha value is -1.20. The first-order valence-corrected chi connectivity index (χ1v) is 5.35. The lowest BCUT2D eigenvalue weighted by Crippen LogP contribution is -2.41. The number of carbonyl (C=O) groups excluding carboxylic acids is 1. The molecule has 3 nitrogen and oxygen atoms in total. The molecule has 0 bridgehead atoms. The SMILES string of the molecule is Cc1cc(Cl)cc(C(=O)NCC(F)(F)CN)c1. The van der Waals surface area contributed by atoms with Crippen molar-refractivity contribution in [1.29, 1.82) is 0 Å². The van der Waals surface area contributed by atoms with Gasteiger partial charge in [-0.2, -0.15) is 0 Å². The molecule has 0 aromatic heterocycles. The van der Waals surface area contributed by atoms with Crippen molar-refractivity contribution in [3.8, 4) is 0 Å². The molecule has 0 atom stereocenters. The first kappa shape index (κ1) is 13.9. The van der Waals surface area contributed by atoms with Gasteiger partial charge >= 0.3 is 0 Å². The second-order valence-corrected chi connectivity index (χ2v) is 4.20. The monoisotopic (exact) mass is 262 g/mol. The smallest absolute Gasteiger partial charge is 0.277 e. The molecule has 0 aliphatic rings.